The molecule has 0 saturated carbocycles. The van der Waals surface area contributed by atoms with Crippen molar-refractivity contribution in [3.63, 3.8) is 0 Å². The standard InChI is InChI=1S/C13H16O/c1-13(2,3)12-9-8-10-6-4-5-7-11(10)14-12/h4-7,9H,8H2,1-3H3. The fourth-order valence-corrected chi connectivity index (χ4v) is 1.59. The van der Waals surface area contributed by atoms with Crippen molar-refractivity contribution >= 4 is 0 Å². The second-order valence-corrected chi connectivity index (χ2v) is 4.73. The average molecular weight is 188 g/mol. The molecule has 0 spiro atoms. The molecule has 0 atom stereocenters. The van der Waals surface area contributed by atoms with Crippen molar-refractivity contribution in [3.05, 3.63) is 41.7 Å². The van der Waals surface area contributed by atoms with E-state index in [1.807, 2.05) is 12.1 Å². The molecule has 1 aromatic carbocycles. The molecule has 1 heteroatoms. The Bertz CT molecular complexity index is 369. The quantitative estimate of drug-likeness (QED) is 0.605. The van der Waals surface area contributed by atoms with Crippen LogP contribution in [0.5, 0.6) is 5.75 Å². The smallest absolute Gasteiger partial charge is 0.130 e. The number of para-hydroxylation sites is 1. The van der Waals surface area contributed by atoms with Gasteiger partial charge in [-0.3, -0.25) is 0 Å². The van der Waals surface area contributed by atoms with Crippen molar-refractivity contribution in [2.24, 2.45) is 5.41 Å². The summed E-state index contributed by atoms with van der Waals surface area (Å²) in [5, 5.41) is 0. The fourth-order valence-electron chi connectivity index (χ4n) is 1.59. The largest absolute Gasteiger partial charge is 0.461 e. The van der Waals surface area contributed by atoms with Gasteiger partial charge in [0.25, 0.3) is 0 Å². The van der Waals surface area contributed by atoms with Crippen LogP contribution < -0.4 is 4.74 Å². The van der Waals surface area contributed by atoms with Gasteiger partial charge in [0.05, 0.1) is 0 Å². The Balaban J connectivity index is 2.30. The SMILES string of the molecule is CC(C)(C)C1=CCc2ccccc2O1. The average Bonchev–Trinajstić information content (AvgIpc) is 2.16. The molecule has 0 amide bonds. The van der Waals surface area contributed by atoms with Crippen molar-refractivity contribution < 1.29 is 4.74 Å². The predicted molar refractivity (Wildman–Crippen MR) is 58.3 cm³/mol. The molecular formula is C13H16O. The number of rotatable bonds is 0. The van der Waals surface area contributed by atoms with Crippen LogP contribution in [-0.2, 0) is 6.42 Å². The van der Waals surface area contributed by atoms with Gasteiger partial charge in [-0.25, -0.2) is 0 Å². The zero-order valence-electron chi connectivity index (χ0n) is 9.00. The molecule has 0 fully saturated rings. The Labute approximate surface area is 85.4 Å². The molecule has 74 valence electrons. The van der Waals surface area contributed by atoms with E-state index in [1.165, 1.54) is 5.56 Å². The summed E-state index contributed by atoms with van der Waals surface area (Å²) in [6.45, 7) is 6.52. The van der Waals surface area contributed by atoms with E-state index < -0.39 is 0 Å². The summed E-state index contributed by atoms with van der Waals surface area (Å²) in [7, 11) is 0. The summed E-state index contributed by atoms with van der Waals surface area (Å²) in [6.07, 6.45) is 3.17. The molecule has 1 aliphatic heterocycles. The minimum Gasteiger partial charge on any atom is -0.461 e. The van der Waals surface area contributed by atoms with E-state index in [9.17, 15) is 0 Å². The van der Waals surface area contributed by atoms with Crippen LogP contribution in [0.2, 0.25) is 0 Å². The normalized spacial score (nSPS) is 15.5. The molecule has 0 saturated heterocycles. The number of hydrogen-bond acceptors (Lipinski definition) is 1. The molecule has 2 rings (SSSR count). The summed E-state index contributed by atoms with van der Waals surface area (Å²) in [6, 6.07) is 8.22. The fraction of sp³-hybridized carbons (Fsp3) is 0.385. The molecule has 0 N–H and O–H groups in total. The molecule has 0 unspecified atom stereocenters. The molecule has 0 radical (unpaired) electrons. The van der Waals surface area contributed by atoms with Gasteiger partial charge in [-0.15, -0.1) is 0 Å². The predicted octanol–water partition coefficient (Wildman–Crippen LogP) is 3.55. The number of ether oxygens (including phenoxy) is 1. The highest BCUT2D eigenvalue weighted by Crippen LogP contribution is 2.34. The van der Waals surface area contributed by atoms with Gasteiger partial charge in [0.15, 0.2) is 0 Å². The van der Waals surface area contributed by atoms with Crippen LogP contribution in [0.1, 0.15) is 26.3 Å². The highest BCUT2D eigenvalue weighted by atomic mass is 16.5. The Morgan fingerprint density at radius 1 is 1.14 bits per heavy atom. The van der Waals surface area contributed by atoms with E-state index in [0.29, 0.717) is 0 Å². The zero-order valence-corrected chi connectivity index (χ0v) is 9.00. The molecule has 1 nitrogen and oxygen atoms in total. The zero-order chi connectivity index (χ0) is 10.2. The first-order valence-corrected chi connectivity index (χ1v) is 5.04. The van der Waals surface area contributed by atoms with Gasteiger partial charge in [0.2, 0.25) is 0 Å². The minimum atomic E-state index is 0.105. The van der Waals surface area contributed by atoms with Gasteiger partial charge < -0.3 is 4.74 Å². The van der Waals surface area contributed by atoms with Crippen LogP contribution >= 0.6 is 0 Å². The van der Waals surface area contributed by atoms with Crippen LogP contribution in [0, 0.1) is 5.41 Å². The molecule has 14 heavy (non-hydrogen) atoms. The van der Waals surface area contributed by atoms with Gasteiger partial charge in [-0.05, 0) is 24.1 Å². The van der Waals surface area contributed by atoms with Gasteiger partial charge in [-0.1, -0.05) is 39.0 Å². The number of fused-ring (bicyclic) bond motifs is 1. The minimum absolute atomic E-state index is 0.105. The van der Waals surface area contributed by atoms with E-state index in [-0.39, 0.29) is 5.41 Å². The van der Waals surface area contributed by atoms with Gasteiger partial charge >= 0.3 is 0 Å². The summed E-state index contributed by atoms with van der Waals surface area (Å²) >= 11 is 0. The third-order valence-corrected chi connectivity index (χ3v) is 2.44. The van der Waals surface area contributed by atoms with Crippen molar-refractivity contribution in [2.45, 2.75) is 27.2 Å². The lowest BCUT2D eigenvalue weighted by atomic mass is 9.91. The van der Waals surface area contributed by atoms with Crippen molar-refractivity contribution in [3.8, 4) is 5.75 Å². The maximum Gasteiger partial charge on any atom is 0.130 e. The van der Waals surface area contributed by atoms with E-state index in [4.69, 9.17) is 4.74 Å². The van der Waals surface area contributed by atoms with Gasteiger partial charge in [-0.2, -0.15) is 0 Å². The molecule has 0 bridgehead atoms. The van der Waals surface area contributed by atoms with Crippen LogP contribution in [0.15, 0.2) is 36.1 Å². The molecular weight excluding hydrogens is 172 g/mol. The van der Waals surface area contributed by atoms with Gasteiger partial charge in [0.1, 0.15) is 11.5 Å². The van der Waals surface area contributed by atoms with Crippen LogP contribution in [0.4, 0.5) is 0 Å². The second-order valence-electron chi connectivity index (χ2n) is 4.73. The highest BCUT2D eigenvalue weighted by molar-refractivity contribution is 5.39. The van der Waals surface area contributed by atoms with Crippen LogP contribution in [0.3, 0.4) is 0 Å². The molecule has 0 aliphatic carbocycles. The summed E-state index contributed by atoms with van der Waals surface area (Å²) in [4.78, 5) is 0. The first-order chi connectivity index (χ1) is 6.57. The van der Waals surface area contributed by atoms with Gasteiger partial charge in [0, 0.05) is 5.41 Å². The monoisotopic (exact) mass is 188 g/mol. The number of benzene rings is 1. The third kappa shape index (κ3) is 1.67. The molecule has 1 heterocycles. The summed E-state index contributed by atoms with van der Waals surface area (Å²) in [5.41, 5.74) is 1.38. The van der Waals surface area contributed by atoms with Crippen molar-refractivity contribution in [1.82, 2.24) is 0 Å². The summed E-state index contributed by atoms with van der Waals surface area (Å²) in [5.74, 6) is 2.09. The Morgan fingerprint density at radius 2 is 1.86 bits per heavy atom. The van der Waals surface area contributed by atoms with E-state index >= 15 is 0 Å². The first-order valence-electron chi connectivity index (χ1n) is 5.04. The maximum atomic E-state index is 5.86. The first kappa shape index (κ1) is 9.32. The van der Waals surface area contributed by atoms with Crippen LogP contribution in [-0.4, -0.2) is 0 Å². The molecule has 0 aromatic heterocycles. The molecule has 1 aromatic rings. The Kier molecular flexibility index (Phi) is 2.10. The van der Waals surface area contributed by atoms with E-state index in [1.54, 1.807) is 0 Å². The lowest BCUT2D eigenvalue weighted by molar-refractivity contribution is 0.284. The third-order valence-electron chi connectivity index (χ3n) is 2.44. The molecule has 1 aliphatic rings. The number of allylic oxidation sites excluding steroid dienone is 2. The van der Waals surface area contributed by atoms with E-state index in [0.717, 1.165) is 17.9 Å². The lowest BCUT2D eigenvalue weighted by Gasteiger charge is -2.27. The summed E-state index contributed by atoms with van der Waals surface area (Å²) < 4.78 is 5.86. The lowest BCUT2D eigenvalue weighted by Crippen LogP contribution is -2.18. The number of hydrogen-bond donors (Lipinski definition) is 0. The topological polar surface area (TPSA) is 9.23 Å². The van der Waals surface area contributed by atoms with E-state index in [2.05, 4.69) is 39.0 Å². The second kappa shape index (κ2) is 3.16. The maximum absolute atomic E-state index is 5.86. The Morgan fingerprint density at radius 3 is 2.57 bits per heavy atom. The highest BCUT2D eigenvalue weighted by Gasteiger charge is 2.22. The van der Waals surface area contributed by atoms with Crippen molar-refractivity contribution in [1.29, 1.82) is 0 Å². The Hall–Kier alpha value is -1.24. The van der Waals surface area contributed by atoms with Crippen LogP contribution in [0.25, 0.3) is 0 Å². The van der Waals surface area contributed by atoms with Crippen molar-refractivity contribution in [2.75, 3.05) is 0 Å².